The molecule has 6 nitrogen and oxygen atoms in total. The number of carboxylic acids is 1. The number of carbonyl (C=O) groups is 3. The first-order valence-electron chi connectivity index (χ1n) is 8.13. The zero-order valence-corrected chi connectivity index (χ0v) is 15.0. The fourth-order valence-electron chi connectivity index (χ4n) is 2.50. The number of carboxylic acid groups (broad SMARTS) is 1. The molecular weight excluding hydrogens is 334 g/mol. The van der Waals surface area contributed by atoms with Crippen LogP contribution in [0.4, 0.5) is 5.69 Å². The molecule has 136 valence electrons. The Bertz CT molecular complexity index is 857. The van der Waals surface area contributed by atoms with Crippen LogP contribution in [-0.4, -0.2) is 29.9 Å². The van der Waals surface area contributed by atoms with Gasteiger partial charge in [-0.15, -0.1) is 0 Å². The van der Waals surface area contributed by atoms with E-state index in [1.54, 1.807) is 25.1 Å². The SMILES string of the molecule is COc1ccc(C)cc1C(=O)CCC(=O)Nc1cc(C(=O)O)ccc1C. The lowest BCUT2D eigenvalue weighted by atomic mass is 10.0. The van der Waals surface area contributed by atoms with E-state index in [4.69, 9.17) is 9.84 Å². The number of hydrogen-bond acceptors (Lipinski definition) is 4. The number of aromatic carboxylic acids is 1. The van der Waals surface area contributed by atoms with Crippen LogP contribution in [0.25, 0.3) is 0 Å². The first kappa shape index (κ1) is 19.2. The summed E-state index contributed by atoms with van der Waals surface area (Å²) in [6.07, 6.45) is 0.0238. The molecular formula is C20H21NO5. The maximum atomic E-state index is 12.4. The largest absolute Gasteiger partial charge is 0.496 e. The Hall–Kier alpha value is -3.15. The molecule has 26 heavy (non-hydrogen) atoms. The van der Waals surface area contributed by atoms with Crippen LogP contribution in [0.2, 0.25) is 0 Å². The Morgan fingerprint density at radius 1 is 1.04 bits per heavy atom. The Morgan fingerprint density at radius 3 is 2.42 bits per heavy atom. The van der Waals surface area contributed by atoms with Crippen molar-refractivity contribution in [2.45, 2.75) is 26.7 Å². The van der Waals surface area contributed by atoms with E-state index in [9.17, 15) is 14.4 Å². The molecule has 2 aromatic rings. The molecule has 0 radical (unpaired) electrons. The van der Waals surface area contributed by atoms with Crippen molar-refractivity contribution in [3.63, 3.8) is 0 Å². The van der Waals surface area contributed by atoms with Crippen LogP contribution >= 0.6 is 0 Å². The van der Waals surface area contributed by atoms with Crippen molar-refractivity contribution in [3.8, 4) is 5.75 Å². The van der Waals surface area contributed by atoms with E-state index >= 15 is 0 Å². The van der Waals surface area contributed by atoms with Gasteiger partial charge in [0.1, 0.15) is 5.75 Å². The lowest BCUT2D eigenvalue weighted by Crippen LogP contribution is -2.15. The van der Waals surface area contributed by atoms with Crippen molar-refractivity contribution >= 4 is 23.3 Å². The van der Waals surface area contributed by atoms with E-state index in [0.717, 1.165) is 11.1 Å². The predicted octanol–water partition coefficient (Wildman–Crippen LogP) is 3.61. The molecule has 0 bridgehead atoms. The minimum atomic E-state index is -1.07. The van der Waals surface area contributed by atoms with Crippen LogP contribution in [0.3, 0.4) is 0 Å². The quantitative estimate of drug-likeness (QED) is 0.740. The van der Waals surface area contributed by atoms with Crippen molar-refractivity contribution in [3.05, 3.63) is 58.7 Å². The number of ketones is 1. The molecule has 0 aliphatic heterocycles. The molecule has 0 fully saturated rings. The van der Waals surface area contributed by atoms with Gasteiger partial charge in [0.15, 0.2) is 5.78 Å². The summed E-state index contributed by atoms with van der Waals surface area (Å²) >= 11 is 0. The fourth-order valence-corrected chi connectivity index (χ4v) is 2.50. The average molecular weight is 355 g/mol. The van der Waals surface area contributed by atoms with Crippen LogP contribution in [0.15, 0.2) is 36.4 Å². The zero-order valence-electron chi connectivity index (χ0n) is 15.0. The topological polar surface area (TPSA) is 92.7 Å². The van der Waals surface area contributed by atoms with Crippen LogP contribution in [0.5, 0.6) is 5.75 Å². The Balaban J connectivity index is 2.03. The van der Waals surface area contributed by atoms with E-state index in [1.807, 2.05) is 13.0 Å². The van der Waals surface area contributed by atoms with Crippen molar-refractivity contribution in [1.82, 2.24) is 0 Å². The number of amides is 1. The molecule has 2 N–H and O–H groups in total. The number of anilines is 1. The lowest BCUT2D eigenvalue weighted by molar-refractivity contribution is -0.116. The molecule has 0 saturated heterocycles. The summed E-state index contributed by atoms with van der Waals surface area (Å²) in [5.41, 5.74) is 2.64. The molecule has 1 amide bonds. The number of hydrogen-bond donors (Lipinski definition) is 2. The highest BCUT2D eigenvalue weighted by molar-refractivity contribution is 6.02. The third-order valence-corrected chi connectivity index (χ3v) is 3.99. The summed E-state index contributed by atoms with van der Waals surface area (Å²) < 4.78 is 5.20. The number of aryl methyl sites for hydroxylation is 2. The van der Waals surface area contributed by atoms with Crippen molar-refractivity contribution in [2.75, 3.05) is 12.4 Å². The number of benzene rings is 2. The highest BCUT2D eigenvalue weighted by Gasteiger charge is 2.15. The van der Waals surface area contributed by atoms with Crippen LogP contribution in [0.1, 0.15) is 44.7 Å². The molecule has 0 heterocycles. The third kappa shape index (κ3) is 4.69. The summed E-state index contributed by atoms with van der Waals surface area (Å²) in [7, 11) is 1.49. The van der Waals surface area contributed by atoms with Crippen LogP contribution in [0, 0.1) is 13.8 Å². The lowest BCUT2D eigenvalue weighted by Gasteiger charge is -2.10. The zero-order chi connectivity index (χ0) is 19.3. The van der Waals surface area contributed by atoms with Gasteiger partial charge in [0.05, 0.1) is 18.2 Å². The standard InChI is InChI=1S/C20H21NO5/c1-12-4-8-18(26-3)15(10-12)17(22)7-9-19(23)21-16-11-14(20(24)25)6-5-13(16)2/h4-6,8,10-11H,7,9H2,1-3H3,(H,21,23)(H,24,25). The van der Waals surface area contributed by atoms with Crippen LogP contribution < -0.4 is 10.1 Å². The average Bonchev–Trinajstić information content (AvgIpc) is 2.61. The number of Topliss-reactive ketones (excluding diaryl/α,β-unsaturated/α-hetero) is 1. The summed E-state index contributed by atoms with van der Waals surface area (Å²) in [6, 6.07) is 9.81. The van der Waals surface area contributed by atoms with Gasteiger partial charge in [0.25, 0.3) is 0 Å². The van der Waals surface area contributed by atoms with Gasteiger partial charge in [-0.2, -0.15) is 0 Å². The summed E-state index contributed by atoms with van der Waals surface area (Å²) in [5.74, 6) is -1.12. The summed E-state index contributed by atoms with van der Waals surface area (Å²) in [4.78, 5) is 35.6. The van der Waals surface area contributed by atoms with Gasteiger partial charge in [0, 0.05) is 18.5 Å². The first-order valence-corrected chi connectivity index (χ1v) is 8.13. The second-order valence-electron chi connectivity index (χ2n) is 6.01. The molecule has 0 aliphatic rings. The smallest absolute Gasteiger partial charge is 0.335 e. The highest BCUT2D eigenvalue weighted by atomic mass is 16.5. The van der Waals surface area contributed by atoms with E-state index in [-0.39, 0.29) is 30.1 Å². The second kappa shape index (κ2) is 8.29. The Morgan fingerprint density at radius 2 is 1.77 bits per heavy atom. The monoisotopic (exact) mass is 355 g/mol. The van der Waals surface area contributed by atoms with E-state index < -0.39 is 5.97 Å². The molecule has 0 spiro atoms. The maximum Gasteiger partial charge on any atom is 0.335 e. The van der Waals surface area contributed by atoms with Crippen molar-refractivity contribution in [2.24, 2.45) is 0 Å². The maximum absolute atomic E-state index is 12.4. The predicted molar refractivity (Wildman–Crippen MR) is 98.1 cm³/mol. The van der Waals surface area contributed by atoms with E-state index in [1.165, 1.54) is 19.2 Å². The fraction of sp³-hybridized carbons (Fsp3) is 0.250. The van der Waals surface area contributed by atoms with Gasteiger partial charge in [0.2, 0.25) is 5.91 Å². The van der Waals surface area contributed by atoms with Gasteiger partial charge in [-0.3, -0.25) is 9.59 Å². The van der Waals surface area contributed by atoms with Gasteiger partial charge in [-0.05, 0) is 43.7 Å². The van der Waals surface area contributed by atoms with Gasteiger partial charge in [-0.1, -0.05) is 17.7 Å². The van der Waals surface area contributed by atoms with E-state index in [0.29, 0.717) is 17.0 Å². The normalized spacial score (nSPS) is 10.3. The van der Waals surface area contributed by atoms with Crippen molar-refractivity contribution in [1.29, 1.82) is 0 Å². The van der Waals surface area contributed by atoms with Crippen LogP contribution in [-0.2, 0) is 4.79 Å². The number of nitrogens with one attached hydrogen (secondary N) is 1. The van der Waals surface area contributed by atoms with E-state index in [2.05, 4.69) is 5.32 Å². The number of methoxy groups -OCH3 is 1. The summed E-state index contributed by atoms with van der Waals surface area (Å²) in [5, 5.41) is 11.7. The molecule has 0 unspecified atom stereocenters. The minimum Gasteiger partial charge on any atom is -0.496 e. The number of rotatable bonds is 7. The van der Waals surface area contributed by atoms with Gasteiger partial charge >= 0.3 is 5.97 Å². The number of ether oxygens (including phenoxy) is 1. The summed E-state index contributed by atoms with van der Waals surface area (Å²) in [6.45, 7) is 3.64. The highest BCUT2D eigenvalue weighted by Crippen LogP contribution is 2.22. The molecule has 2 aromatic carbocycles. The Kier molecular flexibility index (Phi) is 6.11. The molecule has 0 aliphatic carbocycles. The molecule has 6 heteroatoms. The van der Waals surface area contributed by atoms with Gasteiger partial charge in [-0.25, -0.2) is 4.79 Å². The molecule has 0 aromatic heterocycles. The first-order chi connectivity index (χ1) is 12.3. The van der Waals surface area contributed by atoms with Gasteiger partial charge < -0.3 is 15.2 Å². The second-order valence-corrected chi connectivity index (χ2v) is 6.01. The number of carbonyl (C=O) groups excluding carboxylic acids is 2. The minimum absolute atomic E-state index is 0.00727. The van der Waals surface area contributed by atoms with Crippen molar-refractivity contribution < 1.29 is 24.2 Å². The molecule has 0 saturated carbocycles. The molecule has 2 rings (SSSR count). The third-order valence-electron chi connectivity index (χ3n) is 3.99. The molecule has 0 atom stereocenters. The Labute approximate surface area is 151 Å².